The molecule has 0 bridgehead atoms. The zero-order valence-electron chi connectivity index (χ0n) is 16.0. The fourth-order valence-corrected chi connectivity index (χ4v) is 3.74. The van der Waals surface area contributed by atoms with Crippen molar-refractivity contribution in [3.63, 3.8) is 0 Å². The average Bonchev–Trinajstić information content (AvgIpc) is 3.15. The van der Waals surface area contributed by atoms with Crippen LogP contribution in [0.25, 0.3) is 10.2 Å². The minimum Gasteiger partial charge on any atom is -0.493 e. The molecule has 7 heteroatoms. The number of esters is 1. The fourth-order valence-electron chi connectivity index (χ4n) is 2.67. The van der Waals surface area contributed by atoms with Crippen LogP contribution in [0, 0.1) is 0 Å². The molecule has 2 aromatic carbocycles. The van der Waals surface area contributed by atoms with E-state index in [2.05, 4.69) is 4.98 Å². The van der Waals surface area contributed by atoms with E-state index in [9.17, 15) is 9.59 Å². The molecule has 0 saturated carbocycles. The van der Waals surface area contributed by atoms with Crippen LogP contribution in [-0.2, 0) is 9.53 Å². The third-order valence-electron chi connectivity index (χ3n) is 4.38. The summed E-state index contributed by atoms with van der Waals surface area (Å²) >= 11 is 1.55. The van der Waals surface area contributed by atoms with Crippen molar-refractivity contribution >= 4 is 33.4 Å². The number of aromatic nitrogens is 1. The molecule has 0 unspecified atom stereocenters. The molecule has 0 N–H and O–H groups in total. The molecule has 0 radical (unpaired) electrons. The van der Waals surface area contributed by atoms with Crippen molar-refractivity contribution in [1.29, 1.82) is 0 Å². The first-order valence-electron chi connectivity index (χ1n) is 9.01. The Morgan fingerprint density at radius 3 is 2.61 bits per heavy atom. The number of thiazole rings is 1. The average molecular weight is 398 g/mol. The Hall–Kier alpha value is -2.93. The number of carbonyl (C=O) groups excluding carboxylic acids is 2. The Morgan fingerprint density at radius 2 is 1.86 bits per heavy atom. The number of fused-ring (bicyclic) bond motifs is 1. The molecule has 0 aliphatic rings. The quantitative estimate of drug-likeness (QED) is 0.561. The van der Waals surface area contributed by atoms with Crippen molar-refractivity contribution in [2.45, 2.75) is 19.9 Å². The standard InChI is InChI=1S/C21H22N2O4S/c1-4-26-17-11-7-5-9-15(17)21(25)27-13-19(24)23(3)14(2)20-22-16-10-6-8-12-18(16)28-20/h5-12,14H,4,13H2,1-3H3/t14-/m0/s1. The van der Waals surface area contributed by atoms with Crippen LogP contribution >= 0.6 is 11.3 Å². The van der Waals surface area contributed by atoms with Crippen LogP contribution in [0.1, 0.15) is 35.3 Å². The van der Waals surface area contributed by atoms with Gasteiger partial charge in [-0.3, -0.25) is 4.79 Å². The lowest BCUT2D eigenvalue weighted by molar-refractivity contribution is -0.135. The summed E-state index contributed by atoms with van der Waals surface area (Å²) in [6.07, 6.45) is 0. The van der Waals surface area contributed by atoms with Crippen molar-refractivity contribution in [1.82, 2.24) is 9.88 Å². The van der Waals surface area contributed by atoms with Gasteiger partial charge in [0.1, 0.15) is 16.3 Å². The van der Waals surface area contributed by atoms with Gasteiger partial charge in [-0.15, -0.1) is 11.3 Å². The topological polar surface area (TPSA) is 68.7 Å². The van der Waals surface area contributed by atoms with Gasteiger partial charge >= 0.3 is 5.97 Å². The van der Waals surface area contributed by atoms with Gasteiger partial charge < -0.3 is 14.4 Å². The number of benzene rings is 2. The van der Waals surface area contributed by atoms with Crippen LogP contribution < -0.4 is 4.74 Å². The highest BCUT2D eigenvalue weighted by molar-refractivity contribution is 7.18. The minimum atomic E-state index is -0.585. The number of para-hydroxylation sites is 2. The van der Waals surface area contributed by atoms with Gasteiger partial charge in [0.15, 0.2) is 6.61 Å². The highest BCUT2D eigenvalue weighted by atomic mass is 32.1. The third kappa shape index (κ3) is 4.31. The maximum absolute atomic E-state index is 12.5. The second kappa shape index (κ2) is 8.84. The van der Waals surface area contributed by atoms with E-state index in [1.807, 2.05) is 38.1 Å². The molecule has 28 heavy (non-hydrogen) atoms. The maximum Gasteiger partial charge on any atom is 0.342 e. The first kappa shape index (κ1) is 19.8. The van der Waals surface area contributed by atoms with Crippen molar-refractivity contribution < 1.29 is 19.1 Å². The second-order valence-corrected chi connectivity index (χ2v) is 7.27. The van der Waals surface area contributed by atoms with E-state index in [0.717, 1.165) is 15.2 Å². The zero-order chi connectivity index (χ0) is 20.1. The molecule has 0 aliphatic heterocycles. The molecule has 0 aliphatic carbocycles. The van der Waals surface area contributed by atoms with E-state index in [1.165, 1.54) is 0 Å². The molecule has 0 saturated heterocycles. The number of ether oxygens (including phenoxy) is 2. The molecule has 1 aromatic heterocycles. The number of amides is 1. The Morgan fingerprint density at radius 1 is 1.14 bits per heavy atom. The monoisotopic (exact) mass is 398 g/mol. The number of hydrogen-bond donors (Lipinski definition) is 0. The predicted molar refractivity (Wildman–Crippen MR) is 109 cm³/mol. The summed E-state index contributed by atoms with van der Waals surface area (Å²) < 4.78 is 11.7. The van der Waals surface area contributed by atoms with Crippen LogP contribution in [0.15, 0.2) is 48.5 Å². The van der Waals surface area contributed by atoms with Crippen LogP contribution in [0.5, 0.6) is 5.75 Å². The summed E-state index contributed by atoms with van der Waals surface area (Å²) in [6, 6.07) is 14.4. The van der Waals surface area contributed by atoms with E-state index in [1.54, 1.807) is 47.5 Å². The lowest BCUT2D eigenvalue weighted by Gasteiger charge is -2.23. The zero-order valence-corrected chi connectivity index (χ0v) is 16.9. The maximum atomic E-state index is 12.5. The minimum absolute atomic E-state index is 0.223. The summed E-state index contributed by atoms with van der Waals surface area (Å²) in [4.78, 5) is 31.0. The Bertz CT molecular complexity index is 952. The first-order valence-corrected chi connectivity index (χ1v) is 9.83. The van der Waals surface area contributed by atoms with Crippen molar-refractivity contribution in [2.24, 2.45) is 0 Å². The molecular weight excluding hydrogens is 376 g/mol. The molecule has 0 spiro atoms. The van der Waals surface area contributed by atoms with Gasteiger partial charge in [-0.05, 0) is 38.1 Å². The van der Waals surface area contributed by atoms with Gasteiger partial charge in [0.2, 0.25) is 0 Å². The summed E-state index contributed by atoms with van der Waals surface area (Å²) in [5.41, 5.74) is 1.22. The largest absolute Gasteiger partial charge is 0.493 e. The van der Waals surface area contributed by atoms with Crippen molar-refractivity contribution in [2.75, 3.05) is 20.3 Å². The van der Waals surface area contributed by atoms with E-state index < -0.39 is 5.97 Å². The number of likely N-dealkylation sites (N-methyl/N-ethyl adjacent to an activating group) is 1. The molecule has 1 amide bonds. The van der Waals surface area contributed by atoms with Crippen molar-refractivity contribution in [3.05, 3.63) is 59.1 Å². The summed E-state index contributed by atoms with van der Waals surface area (Å²) in [7, 11) is 1.68. The Balaban J connectivity index is 1.63. The van der Waals surface area contributed by atoms with Gasteiger partial charge in [-0.25, -0.2) is 9.78 Å². The van der Waals surface area contributed by atoms with Crippen LogP contribution in [-0.4, -0.2) is 42.0 Å². The molecular formula is C21H22N2O4S. The fraction of sp³-hybridized carbons (Fsp3) is 0.286. The van der Waals surface area contributed by atoms with E-state index >= 15 is 0 Å². The number of rotatable bonds is 7. The predicted octanol–water partition coefficient (Wildman–Crippen LogP) is 4.07. The Kier molecular flexibility index (Phi) is 6.26. The number of hydrogen-bond acceptors (Lipinski definition) is 6. The molecule has 1 atom stereocenters. The molecule has 6 nitrogen and oxygen atoms in total. The van der Waals surface area contributed by atoms with Gasteiger partial charge in [0.05, 0.1) is 22.9 Å². The molecule has 1 heterocycles. The highest BCUT2D eigenvalue weighted by Crippen LogP contribution is 2.29. The lowest BCUT2D eigenvalue weighted by atomic mass is 10.2. The molecule has 0 fully saturated rings. The van der Waals surface area contributed by atoms with Crippen LogP contribution in [0.3, 0.4) is 0 Å². The van der Waals surface area contributed by atoms with Gasteiger partial charge in [0.25, 0.3) is 5.91 Å². The lowest BCUT2D eigenvalue weighted by Crippen LogP contribution is -2.33. The van der Waals surface area contributed by atoms with Crippen LogP contribution in [0.4, 0.5) is 0 Å². The highest BCUT2D eigenvalue weighted by Gasteiger charge is 2.22. The number of carbonyl (C=O) groups is 2. The summed E-state index contributed by atoms with van der Waals surface area (Å²) in [6.45, 7) is 3.84. The number of nitrogens with zero attached hydrogens (tertiary/aromatic N) is 2. The Labute approximate surface area is 167 Å². The van der Waals surface area contributed by atoms with E-state index in [4.69, 9.17) is 9.47 Å². The van der Waals surface area contributed by atoms with Gasteiger partial charge in [-0.1, -0.05) is 24.3 Å². The van der Waals surface area contributed by atoms with E-state index in [0.29, 0.717) is 17.9 Å². The molecule has 146 valence electrons. The van der Waals surface area contributed by atoms with Gasteiger partial charge in [-0.2, -0.15) is 0 Å². The molecule has 3 rings (SSSR count). The summed E-state index contributed by atoms with van der Waals surface area (Å²) in [5, 5.41) is 0.838. The first-order chi connectivity index (χ1) is 13.5. The van der Waals surface area contributed by atoms with Gasteiger partial charge in [0, 0.05) is 7.05 Å². The van der Waals surface area contributed by atoms with E-state index in [-0.39, 0.29) is 18.6 Å². The second-order valence-electron chi connectivity index (χ2n) is 6.21. The summed E-state index contributed by atoms with van der Waals surface area (Å²) in [5.74, 6) is -0.439. The molecule has 3 aromatic rings. The van der Waals surface area contributed by atoms with Crippen molar-refractivity contribution in [3.8, 4) is 5.75 Å². The smallest absolute Gasteiger partial charge is 0.342 e. The normalized spacial score (nSPS) is 11.8. The SMILES string of the molecule is CCOc1ccccc1C(=O)OCC(=O)N(C)[C@@H](C)c1nc2ccccc2s1. The van der Waals surface area contributed by atoms with Crippen LogP contribution in [0.2, 0.25) is 0 Å². The third-order valence-corrected chi connectivity index (χ3v) is 5.58.